The van der Waals surface area contributed by atoms with E-state index in [0.717, 1.165) is 6.07 Å². The summed E-state index contributed by atoms with van der Waals surface area (Å²) in [5, 5.41) is 23.7. The molecule has 8 nitrogen and oxygen atoms in total. The van der Waals surface area contributed by atoms with E-state index < -0.39 is 16.7 Å². The molecule has 0 bridgehead atoms. The lowest BCUT2D eigenvalue weighted by atomic mass is 10.2. The molecule has 108 valence electrons. The largest absolute Gasteiger partial charge is 0.396 e. The molecule has 2 amide bonds. The van der Waals surface area contributed by atoms with Crippen molar-refractivity contribution in [1.29, 1.82) is 0 Å². The quantitative estimate of drug-likeness (QED) is 0.319. The Morgan fingerprint density at radius 1 is 1.35 bits per heavy atom. The predicted molar refractivity (Wildman–Crippen MR) is 71.4 cm³/mol. The normalized spacial score (nSPS) is 9.90. The maximum Gasteiger partial charge on any atom is 0.313 e. The summed E-state index contributed by atoms with van der Waals surface area (Å²) >= 11 is 5.77. The maximum absolute atomic E-state index is 11.5. The lowest BCUT2D eigenvalue weighted by molar-refractivity contribution is -0.384. The first kappa shape index (κ1) is 15.9. The maximum atomic E-state index is 11.5. The third-order valence-corrected chi connectivity index (χ3v) is 2.57. The van der Waals surface area contributed by atoms with Crippen molar-refractivity contribution < 1.29 is 19.6 Å². The highest BCUT2D eigenvalue weighted by Gasteiger charge is 2.16. The van der Waals surface area contributed by atoms with Crippen LogP contribution in [0.2, 0.25) is 5.02 Å². The SMILES string of the molecule is O=C(NCCCO)C(=O)Nc1cc([N+](=O)[O-])ccc1Cl. The summed E-state index contributed by atoms with van der Waals surface area (Å²) in [4.78, 5) is 32.9. The van der Waals surface area contributed by atoms with Crippen molar-refractivity contribution in [2.45, 2.75) is 6.42 Å². The van der Waals surface area contributed by atoms with Gasteiger partial charge in [-0.15, -0.1) is 0 Å². The van der Waals surface area contributed by atoms with Crippen LogP contribution in [-0.4, -0.2) is 35.0 Å². The zero-order chi connectivity index (χ0) is 15.1. The van der Waals surface area contributed by atoms with Crippen molar-refractivity contribution >= 4 is 34.8 Å². The number of hydrogen-bond donors (Lipinski definition) is 3. The molecule has 0 aromatic heterocycles. The molecule has 0 aliphatic heterocycles. The first-order chi connectivity index (χ1) is 9.45. The van der Waals surface area contributed by atoms with Crippen molar-refractivity contribution in [3.63, 3.8) is 0 Å². The summed E-state index contributed by atoms with van der Waals surface area (Å²) in [6.45, 7) is 0.0318. The number of benzene rings is 1. The van der Waals surface area contributed by atoms with Gasteiger partial charge in [0, 0.05) is 25.3 Å². The van der Waals surface area contributed by atoms with Gasteiger partial charge < -0.3 is 15.7 Å². The highest BCUT2D eigenvalue weighted by atomic mass is 35.5. The van der Waals surface area contributed by atoms with Crippen LogP contribution in [0.4, 0.5) is 11.4 Å². The lowest BCUT2D eigenvalue weighted by Crippen LogP contribution is -2.36. The molecule has 0 saturated heterocycles. The molecule has 0 atom stereocenters. The molecule has 9 heteroatoms. The van der Waals surface area contributed by atoms with Crippen molar-refractivity contribution in [2.75, 3.05) is 18.5 Å². The molecule has 20 heavy (non-hydrogen) atoms. The van der Waals surface area contributed by atoms with E-state index in [1.54, 1.807) is 0 Å². The average Bonchev–Trinajstić information content (AvgIpc) is 2.41. The van der Waals surface area contributed by atoms with Crippen LogP contribution in [0.1, 0.15) is 6.42 Å². The van der Waals surface area contributed by atoms with Crippen LogP contribution in [0, 0.1) is 10.1 Å². The smallest absolute Gasteiger partial charge is 0.313 e. The first-order valence-corrected chi connectivity index (χ1v) is 5.97. The fourth-order valence-electron chi connectivity index (χ4n) is 1.26. The van der Waals surface area contributed by atoms with Gasteiger partial charge in [-0.3, -0.25) is 19.7 Å². The number of rotatable bonds is 5. The summed E-state index contributed by atoms with van der Waals surface area (Å²) in [5.41, 5.74) is -0.284. The van der Waals surface area contributed by atoms with E-state index >= 15 is 0 Å². The Morgan fingerprint density at radius 3 is 2.65 bits per heavy atom. The lowest BCUT2D eigenvalue weighted by Gasteiger charge is -2.07. The van der Waals surface area contributed by atoms with E-state index in [1.807, 2.05) is 0 Å². The standard InChI is InChI=1S/C11H12ClN3O5/c12-8-3-2-7(15(19)20)6-9(8)14-11(18)10(17)13-4-1-5-16/h2-3,6,16H,1,4-5H2,(H,13,17)(H,14,18). The number of amides is 2. The Kier molecular flexibility index (Phi) is 5.88. The van der Waals surface area contributed by atoms with Gasteiger partial charge in [-0.25, -0.2) is 0 Å². The molecule has 1 aromatic carbocycles. The topological polar surface area (TPSA) is 122 Å². The number of aliphatic hydroxyl groups excluding tert-OH is 1. The van der Waals surface area contributed by atoms with E-state index in [-0.39, 0.29) is 29.5 Å². The number of aliphatic hydroxyl groups is 1. The second-order valence-electron chi connectivity index (χ2n) is 3.71. The van der Waals surface area contributed by atoms with Crippen molar-refractivity contribution in [2.24, 2.45) is 0 Å². The van der Waals surface area contributed by atoms with Crippen LogP contribution < -0.4 is 10.6 Å². The highest BCUT2D eigenvalue weighted by Crippen LogP contribution is 2.26. The zero-order valence-corrected chi connectivity index (χ0v) is 11.0. The Balaban J connectivity index is 2.72. The fraction of sp³-hybridized carbons (Fsp3) is 0.273. The van der Waals surface area contributed by atoms with E-state index in [0.29, 0.717) is 6.42 Å². The van der Waals surface area contributed by atoms with Gasteiger partial charge >= 0.3 is 11.8 Å². The van der Waals surface area contributed by atoms with Gasteiger partial charge in [-0.2, -0.15) is 0 Å². The van der Waals surface area contributed by atoms with Crippen LogP contribution >= 0.6 is 11.6 Å². The summed E-state index contributed by atoms with van der Waals surface area (Å²) in [5.74, 6) is -1.91. The third kappa shape index (κ3) is 4.48. The van der Waals surface area contributed by atoms with Gasteiger partial charge in [-0.05, 0) is 12.5 Å². The van der Waals surface area contributed by atoms with Gasteiger partial charge in [0.25, 0.3) is 5.69 Å². The first-order valence-electron chi connectivity index (χ1n) is 5.59. The second-order valence-corrected chi connectivity index (χ2v) is 4.12. The number of carbonyl (C=O) groups excluding carboxylic acids is 2. The van der Waals surface area contributed by atoms with Crippen molar-refractivity contribution in [1.82, 2.24) is 5.32 Å². The number of nitrogens with one attached hydrogen (secondary N) is 2. The molecule has 1 rings (SSSR count). The number of nitro benzene ring substituents is 1. The zero-order valence-electron chi connectivity index (χ0n) is 10.3. The summed E-state index contributed by atoms with van der Waals surface area (Å²) in [7, 11) is 0. The van der Waals surface area contributed by atoms with Crippen LogP contribution in [0.3, 0.4) is 0 Å². The molecule has 0 radical (unpaired) electrons. The van der Waals surface area contributed by atoms with Crippen LogP contribution in [0.25, 0.3) is 0 Å². The molecule has 1 aromatic rings. The second kappa shape index (κ2) is 7.41. The Bertz CT molecular complexity index is 535. The molecule has 0 fully saturated rings. The van der Waals surface area contributed by atoms with E-state index in [9.17, 15) is 19.7 Å². The van der Waals surface area contributed by atoms with E-state index in [4.69, 9.17) is 16.7 Å². The number of hydrogen-bond acceptors (Lipinski definition) is 5. The Labute approximate surface area is 118 Å². The van der Waals surface area contributed by atoms with Gasteiger partial charge in [0.2, 0.25) is 0 Å². The number of carbonyl (C=O) groups is 2. The minimum atomic E-state index is -0.995. The van der Waals surface area contributed by atoms with Crippen LogP contribution in [0.15, 0.2) is 18.2 Å². The molecular weight excluding hydrogens is 290 g/mol. The summed E-state index contributed by atoms with van der Waals surface area (Å²) < 4.78 is 0. The molecular formula is C11H12ClN3O5. The number of halogens is 1. The van der Waals surface area contributed by atoms with Gasteiger partial charge in [0.05, 0.1) is 15.6 Å². The molecule has 0 spiro atoms. The van der Waals surface area contributed by atoms with E-state index in [2.05, 4.69) is 10.6 Å². The molecule has 0 heterocycles. The van der Waals surface area contributed by atoms with Gasteiger partial charge in [0.15, 0.2) is 0 Å². The monoisotopic (exact) mass is 301 g/mol. The molecule has 0 aliphatic rings. The van der Waals surface area contributed by atoms with E-state index in [1.165, 1.54) is 12.1 Å². The van der Waals surface area contributed by atoms with Crippen molar-refractivity contribution in [3.05, 3.63) is 33.3 Å². The number of nitro groups is 1. The molecule has 0 unspecified atom stereocenters. The minimum absolute atomic E-state index is 0.0248. The van der Waals surface area contributed by atoms with Crippen LogP contribution in [0.5, 0.6) is 0 Å². The third-order valence-electron chi connectivity index (χ3n) is 2.24. The molecule has 0 aliphatic carbocycles. The molecule has 3 N–H and O–H groups in total. The van der Waals surface area contributed by atoms with Gasteiger partial charge in [-0.1, -0.05) is 11.6 Å². The Hall–Kier alpha value is -2.19. The minimum Gasteiger partial charge on any atom is -0.396 e. The van der Waals surface area contributed by atoms with Crippen molar-refractivity contribution in [3.8, 4) is 0 Å². The highest BCUT2D eigenvalue weighted by molar-refractivity contribution is 6.41. The predicted octanol–water partition coefficient (Wildman–Crippen LogP) is 0.685. The average molecular weight is 302 g/mol. The fourth-order valence-corrected chi connectivity index (χ4v) is 1.43. The number of nitrogens with zero attached hydrogens (tertiary/aromatic N) is 1. The number of non-ortho nitro benzene ring substituents is 1. The van der Waals surface area contributed by atoms with Crippen LogP contribution in [-0.2, 0) is 9.59 Å². The number of anilines is 1. The summed E-state index contributed by atoms with van der Waals surface area (Å²) in [6, 6.07) is 3.49. The molecule has 0 saturated carbocycles. The van der Waals surface area contributed by atoms with Gasteiger partial charge in [0.1, 0.15) is 0 Å². The summed E-state index contributed by atoms with van der Waals surface area (Å²) in [6.07, 6.45) is 0.316. The Morgan fingerprint density at radius 2 is 2.05 bits per heavy atom.